The minimum atomic E-state index is -4.61. The lowest BCUT2D eigenvalue weighted by atomic mass is 9.79. The number of hydrogen-bond acceptors (Lipinski definition) is 8. The Morgan fingerprint density at radius 2 is 0.520 bits per heavy atom. The fourth-order valence-corrected chi connectivity index (χ4v) is 19.0. The molecule has 0 aromatic heterocycles. The van der Waals surface area contributed by atoms with Crippen molar-refractivity contribution in [3.05, 3.63) is 0 Å². The third-order valence-electron chi connectivity index (χ3n) is 26.6. The van der Waals surface area contributed by atoms with Crippen molar-refractivity contribution >= 4 is 15.6 Å². The molecule has 4 N–H and O–H groups in total. The second-order valence-corrected chi connectivity index (χ2v) is 40.6. The van der Waals surface area contributed by atoms with Crippen molar-refractivity contribution in [2.45, 2.75) is 406 Å². The van der Waals surface area contributed by atoms with Gasteiger partial charge >= 0.3 is 15.6 Å². The molecule has 20 unspecified atom stereocenters. The highest BCUT2D eigenvalue weighted by atomic mass is 31.2. The normalized spacial score (nSPS) is 37.6. The van der Waals surface area contributed by atoms with Gasteiger partial charge in [0, 0.05) is 26.4 Å². The molecule has 3 rings (SSSR count). The SMILES string of the molecule is CC1CCCC(C)CCCC(C)CCC(C)CCCC(C)C2CCC(C)(CCCC(C)CCOCC(COP(=O)(O)O)OCCC(C)CCCC(C)CCCC(C)CCCC(C)CCC(C)CCCC(C)C3CCC(C)(CCCC(C)CCOCC(COP(=O)(O)O)OCCC(C)CCC1)C3)C2. The van der Waals surface area contributed by atoms with E-state index in [1.165, 1.54) is 257 Å². The number of fused-ring (bicyclic) bond motifs is 4. The molecule has 3 aliphatic rings. The molecule has 608 valence electrons. The second kappa shape index (κ2) is 54.7. The summed E-state index contributed by atoms with van der Waals surface area (Å²) in [6.07, 6.45) is 55.8. The van der Waals surface area contributed by atoms with Gasteiger partial charge in [-0.3, -0.25) is 9.05 Å². The first-order valence-electron chi connectivity index (χ1n) is 44.1. The summed E-state index contributed by atoms with van der Waals surface area (Å²) in [5.41, 5.74) is 0.925. The topological polar surface area (TPSA) is 170 Å². The van der Waals surface area contributed by atoms with Gasteiger partial charge in [-0.05, 0) is 183 Å². The standard InChI is InChI=1S/C88H174O12P2/c1-69-27-17-29-71(3)33-21-37-77(9)53-61-97-85(67-99-101(89,90)91)65-95-59-51-79(11)42-26-56-88(16)58-50-84(64-88)82(14)44-24-40-76(8)48-46-74(6)36-20-32-70(2)28-18-30-72(4)34-22-38-78(10)54-62-98-86(68-100-102(92,93)94)66-96-60-52-80(12)41-25-55-87(15)57-49-83(63-87)81(13)43-23-39-75(7)47-45-73(5)35-19-31-69/h69-86H,17-68H2,1-16H3,(H2,89,90,91)(H2,92,93,94). The minimum Gasteiger partial charge on any atom is -0.379 e. The van der Waals surface area contributed by atoms with Crippen LogP contribution in [0.5, 0.6) is 0 Å². The van der Waals surface area contributed by atoms with Crippen LogP contribution in [0.3, 0.4) is 0 Å². The molecule has 2 aliphatic carbocycles. The molecule has 1 heterocycles. The van der Waals surface area contributed by atoms with Gasteiger partial charge in [0.25, 0.3) is 0 Å². The van der Waals surface area contributed by atoms with E-state index in [9.17, 15) is 28.7 Å². The van der Waals surface area contributed by atoms with E-state index >= 15 is 0 Å². The summed E-state index contributed by atoms with van der Waals surface area (Å²) in [5.74, 6) is 11.9. The Labute approximate surface area is 632 Å². The minimum absolute atomic E-state index is 0.168. The second-order valence-electron chi connectivity index (χ2n) is 38.1. The molecule has 3 fully saturated rings. The molecule has 4 bridgehead atoms. The van der Waals surface area contributed by atoms with Crippen LogP contribution in [0.25, 0.3) is 0 Å². The molecule has 0 radical (unpaired) electrons. The summed E-state index contributed by atoms with van der Waals surface area (Å²) in [6, 6.07) is 0. The molecule has 1 aliphatic heterocycles. The molecule has 0 aromatic carbocycles. The molecule has 0 amide bonds. The molecule has 0 spiro atoms. The van der Waals surface area contributed by atoms with Crippen molar-refractivity contribution in [3.8, 4) is 0 Å². The van der Waals surface area contributed by atoms with Crippen LogP contribution in [0.1, 0.15) is 393 Å². The van der Waals surface area contributed by atoms with Crippen LogP contribution in [-0.4, -0.2) is 84.6 Å². The highest BCUT2D eigenvalue weighted by Gasteiger charge is 2.38. The van der Waals surface area contributed by atoms with Gasteiger partial charge in [0.1, 0.15) is 12.2 Å². The zero-order chi connectivity index (χ0) is 75.4. The predicted octanol–water partition coefficient (Wildman–Crippen LogP) is 26.4. The quantitative estimate of drug-likeness (QED) is 0.186. The van der Waals surface area contributed by atoms with Crippen molar-refractivity contribution in [1.29, 1.82) is 0 Å². The molecule has 12 nitrogen and oxygen atoms in total. The van der Waals surface area contributed by atoms with E-state index in [1.54, 1.807) is 0 Å². The highest BCUT2D eigenvalue weighted by Crippen LogP contribution is 2.50. The Morgan fingerprint density at radius 1 is 0.294 bits per heavy atom. The lowest BCUT2D eigenvalue weighted by molar-refractivity contribution is -0.0463. The Balaban J connectivity index is 1.45. The summed E-state index contributed by atoms with van der Waals surface area (Å²) >= 11 is 0. The van der Waals surface area contributed by atoms with Gasteiger partial charge in [0.15, 0.2) is 0 Å². The first-order valence-corrected chi connectivity index (χ1v) is 47.1. The first kappa shape index (κ1) is 96.3. The van der Waals surface area contributed by atoms with Gasteiger partial charge in [-0.2, -0.15) is 0 Å². The van der Waals surface area contributed by atoms with Crippen LogP contribution >= 0.6 is 15.6 Å². The van der Waals surface area contributed by atoms with Crippen molar-refractivity contribution < 1.29 is 56.7 Å². The number of ether oxygens (including phenoxy) is 4. The van der Waals surface area contributed by atoms with Crippen LogP contribution in [-0.2, 0) is 37.1 Å². The van der Waals surface area contributed by atoms with E-state index in [1.807, 2.05) is 0 Å². The van der Waals surface area contributed by atoms with E-state index < -0.39 is 27.9 Å². The number of rotatable bonds is 6. The maximum absolute atomic E-state index is 11.7. The number of phosphoric acid groups is 2. The van der Waals surface area contributed by atoms with Gasteiger partial charge in [-0.1, -0.05) is 316 Å². The zero-order valence-electron chi connectivity index (χ0n) is 70.1. The third kappa shape index (κ3) is 50.1. The van der Waals surface area contributed by atoms with E-state index in [4.69, 9.17) is 28.0 Å². The summed E-state index contributed by atoms with van der Waals surface area (Å²) in [5, 5.41) is 0. The van der Waals surface area contributed by atoms with Gasteiger partial charge in [-0.15, -0.1) is 0 Å². The summed E-state index contributed by atoms with van der Waals surface area (Å²) < 4.78 is 57.8. The molecule has 20 atom stereocenters. The average Bonchev–Trinajstić information content (AvgIpc) is 1.70. The molecule has 0 aromatic rings. The van der Waals surface area contributed by atoms with Crippen molar-refractivity contribution in [1.82, 2.24) is 0 Å². The fourth-order valence-electron chi connectivity index (χ4n) is 18.2. The Hall–Kier alpha value is 0.0600. The lowest BCUT2D eigenvalue weighted by Gasteiger charge is -2.27. The molecular formula is C88H174O12P2. The molecule has 2 saturated carbocycles. The largest absolute Gasteiger partial charge is 0.469 e. The summed E-state index contributed by atoms with van der Waals surface area (Å²) in [4.78, 5) is 38.0. The van der Waals surface area contributed by atoms with E-state index in [-0.39, 0.29) is 26.4 Å². The maximum Gasteiger partial charge on any atom is 0.469 e. The van der Waals surface area contributed by atoms with Crippen molar-refractivity contribution in [3.63, 3.8) is 0 Å². The van der Waals surface area contributed by atoms with Gasteiger partial charge < -0.3 is 38.5 Å². The molecule has 14 heteroatoms. The van der Waals surface area contributed by atoms with Gasteiger partial charge in [0.2, 0.25) is 0 Å². The van der Waals surface area contributed by atoms with E-state index in [0.717, 1.165) is 96.7 Å². The zero-order valence-corrected chi connectivity index (χ0v) is 71.9. The highest BCUT2D eigenvalue weighted by molar-refractivity contribution is 7.46. The monoisotopic (exact) mass is 1490 g/mol. The summed E-state index contributed by atoms with van der Waals surface area (Å²) in [6.45, 7) is 41.9. The fraction of sp³-hybridized carbons (Fsp3) is 1.00. The first-order chi connectivity index (χ1) is 48.3. The van der Waals surface area contributed by atoms with Crippen LogP contribution in [0, 0.1) is 106 Å². The van der Waals surface area contributed by atoms with Crippen molar-refractivity contribution in [2.75, 3.05) is 52.9 Å². The predicted molar refractivity (Wildman–Crippen MR) is 432 cm³/mol. The molecular weight excluding hydrogens is 1310 g/mol. The van der Waals surface area contributed by atoms with E-state index in [2.05, 4.69) is 111 Å². The van der Waals surface area contributed by atoms with Gasteiger partial charge in [0.05, 0.1) is 26.4 Å². The molecule has 102 heavy (non-hydrogen) atoms. The van der Waals surface area contributed by atoms with Crippen LogP contribution < -0.4 is 0 Å². The van der Waals surface area contributed by atoms with E-state index in [0.29, 0.717) is 60.9 Å². The van der Waals surface area contributed by atoms with Crippen LogP contribution in [0.4, 0.5) is 0 Å². The van der Waals surface area contributed by atoms with Crippen molar-refractivity contribution in [2.24, 2.45) is 106 Å². The maximum atomic E-state index is 11.7. The van der Waals surface area contributed by atoms with Crippen LogP contribution in [0.2, 0.25) is 0 Å². The molecule has 1 saturated heterocycles. The number of phosphoric ester groups is 2. The third-order valence-corrected chi connectivity index (χ3v) is 27.6. The Bertz CT molecular complexity index is 1960. The van der Waals surface area contributed by atoms with Gasteiger partial charge in [-0.25, -0.2) is 9.13 Å². The lowest BCUT2D eigenvalue weighted by Crippen LogP contribution is -2.26. The number of hydrogen-bond donors (Lipinski definition) is 4. The Morgan fingerprint density at radius 3 is 0.784 bits per heavy atom. The Kier molecular flexibility index (Phi) is 51.6. The summed E-state index contributed by atoms with van der Waals surface area (Å²) in [7, 11) is -9.21. The van der Waals surface area contributed by atoms with Crippen LogP contribution in [0.15, 0.2) is 0 Å². The smallest absolute Gasteiger partial charge is 0.379 e. The average molecular weight is 1490 g/mol.